The maximum absolute atomic E-state index is 13.1. The van der Waals surface area contributed by atoms with Crippen molar-refractivity contribution in [1.29, 1.82) is 0 Å². The number of fused-ring (bicyclic) bond motifs is 1. The number of carbonyl (C=O) groups is 1. The highest BCUT2D eigenvalue weighted by Crippen LogP contribution is 2.13. The second kappa shape index (κ2) is 11.6. The van der Waals surface area contributed by atoms with Gasteiger partial charge in [0, 0.05) is 19.1 Å². The van der Waals surface area contributed by atoms with Crippen LogP contribution in [0.1, 0.15) is 24.5 Å². The van der Waals surface area contributed by atoms with Gasteiger partial charge in [-0.1, -0.05) is 79.7 Å². The van der Waals surface area contributed by atoms with E-state index in [1.807, 2.05) is 68.6 Å². The molecule has 1 N–H and O–H groups in total. The van der Waals surface area contributed by atoms with Gasteiger partial charge < -0.3 is 10.2 Å². The van der Waals surface area contributed by atoms with Crippen molar-refractivity contribution in [2.45, 2.75) is 39.0 Å². The third-order valence-electron chi connectivity index (χ3n) is 6.31. The van der Waals surface area contributed by atoms with Gasteiger partial charge in [-0.2, -0.15) is 0 Å². The number of benzene rings is 3. The van der Waals surface area contributed by atoms with Gasteiger partial charge in [0.25, 0.3) is 0 Å². The zero-order valence-electron chi connectivity index (χ0n) is 20.8. The fraction of sp³-hybridized carbons (Fsp3) is 0.276. The molecule has 1 aromatic heterocycles. The Morgan fingerprint density at radius 1 is 0.806 bits per heavy atom. The van der Waals surface area contributed by atoms with Crippen molar-refractivity contribution in [2.75, 3.05) is 13.6 Å². The van der Waals surface area contributed by atoms with Crippen LogP contribution in [0.3, 0.4) is 0 Å². The van der Waals surface area contributed by atoms with Crippen molar-refractivity contribution < 1.29 is 4.79 Å². The molecule has 0 aliphatic rings. The van der Waals surface area contributed by atoms with Gasteiger partial charge in [-0.3, -0.25) is 23.5 Å². The minimum absolute atomic E-state index is 0.0772. The molecule has 7 heteroatoms. The molecule has 0 unspecified atom stereocenters. The van der Waals surface area contributed by atoms with Crippen LogP contribution < -0.4 is 16.4 Å². The van der Waals surface area contributed by atoms with Gasteiger partial charge in [-0.05, 0) is 36.7 Å². The second-order valence-corrected chi connectivity index (χ2v) is 9.11. The normalized spacial score (nSPS) is 12.1. The summed E-state index contributed by atoms with van der Waals surface area (Å²) in [6.07, 6.45) is 0.749. The topological polar surface area (TPSA) is 76.3 Å². The highest BCUT2D eigenvalue weighted by molar-refractivity contribution is 5.80. The third-order valence-corrected chi connectivity index (χ3v) is 6.31. The zero-order valence-corrected chi connectivity index (χ0v) is 20.8. The summed E-state index contributed by atoms with van der Waals surface area (Å²) in [4.78, 5) is 41.4. The lowest BCUT2D eigenvalue weighted by Gasteiger charge is -2.24. The first-order valence-corrected chi connectivity index (χ1v) is 12.2. The fourth-order valence-electron chi connectivity index (χ4n) is 4.48. The Kier molecular flexibility index (Phi) is 8.13. The van der Waals surface area contributed by atoms with Gasteiger partial charge in [0.2, 0.25) is 5.91 Å². The molecule has 0 aliphatic heterocycles. The molecule has 0 fully saturated rings. The molecule has 3 aromatic carbocycles. The molecule has 1 atom stereocenters. The summed E-state index contributed by atoms with van der Waals surface area (Å²) in [6.45, 7) is 3.55. The van der Waals surface area contributed by atoms with Crippen LogP contribution in [0, 0.1) is 0 Å². The van der Waals surface area contributed by atoms with Crippen LogP contribution in [0.5, 0.6) is 0 Å². The summed E-state index contributed by atoms with van der Waals surface area (Å²) in [5.41, 5.74) is 1.96. The molecule has 4 aromatic rings. The molecular formula is C29H32N4O3. The average molecular weight is 485 g/mol. The number of aromatic nitrogens is 2. The lowest BCUT2D eigenvalue weighted by atomic mass is 10.1. The van der Waals surface area contributed by atoms with Gasteiger partial charge in [0.15, 0.2) is 0 Å². The molecule has 1 heterocycles. The molecule has 0 spiro atoms. The second-order valence-electron chi connectivity index (χ2n) is 9.11. The molecule has 0 saturated heterocycles. The van der Waals surface area contributed by atoms with Crippen LogP contribution in [0.4, 0.5) is 0 Å². The van der Waals surface area contributed by atoms with Gasteiger partial charge >= 0.3 is 11.1 Å². The molecule has 36 heavy (non-hydrogen) atoms. The number of likely N-dealkylation sites (N-methyl/N-ethyl adjacent to an activating group) is 1. The third kappa shape index (κ3) is 5.98. The van der Waals surface area contributed by atoms with E-state index >= 15 is 0 Å². The summed E-state index contributed by atoms with van der Waals surface area (Å²) < 4.78 is 2.77. The number of nitrogens with zero attached hydrogens (tertiary/aromatic N) is 3. The summed E-state index contributed by atoms with van der Waals surface area (Å²) in [5, 5.41) is 3.05. The lowest BCUT2D eigenvalue weighted by Crippen LogP contribution is -2.47. The first kappa shape index (κ1) is 25.1. The number of carbonyl (C=O) groups excluding carboxylic acids is 1. The van der Waals surface area contributed by atoms with Crippen LogP contribution in [-0.2, 0) is 24.4 Å². The zero-order chi connectivity index (χ0) is 25.5. The first-order chi connectivity index (χ1) is 17.5. The molecule has 7 nitrogen and oxygen atoms in total. The van der Waals surface area contributed by atoms with E-state index in [9.17, 15) is 14.4 Å². The Bertz CT molecular complexity index is 1430. The maximum Gasteiger partial charge on any atom is 0.317 e. The van der Waals surface area contributed by atoms with Crippen molar-refractivity contribution in [3.63, 3.8) is 0 Å². The molecule has 0 radical (unpaired) electrons. The van der Waals surface area contributed by atoms with E-state index in [1.54, 1.807) is 18.2 Å². The highest BCUT2D eigenvalue weighted by atomic mass is 16.2. The predicted octanol–water partition coefficient (Wildman–Crippen LogP) is 3.24. The van der Waals surface area contributed by atoms with Gasteiger partial charge in [-0.25, -0.2) is 0 Å². The minimum atomic E-state index is -0.700. The Labute approximate surface area is 210 Å². The molecule has 0 aliphatic carbocycles. The molecule has 4 rings (SSSR count). The number of amides is 1. The molecule has 1 amide bonds. The number of hydrogen-bond acceptors (Lipinski definition) is 4. The van der Waals surface area contributed by atoms with Crippen LogP contribution in [0.2, 0.25) is 0 Å². The summed E-state index contributed by atoms with van der Waals surface area (Å²) >= 11 is 0. The summed E-state index contributed by atoms with van der Waals surface area (Å²) in [6, 6.07) is 26.8. The van der Waals surface area contributed by atoms with Gasteiger partial charge in [-0.15, -0.1) is 0 Å². The summed E-state index contributed by atoms with van der Waals surface area (Å²) in [7, 11) is 2.02. The van der Waals surface area contributed by atoms with Crippen molar-refractivity contribution in [1.82, 2.24) is 19.4 Å². The Morgan fingerprint density at radius 2 is 1.33 bits per heavy atom. The predicted molar refractivity (Wildman–Crippen MR) is 143 cm³/mol. The van der Waals surface area contributed by atoms with E-state index in [-0.39, 0.29) is 25.0 Å². The largest absolute Gasteiger partial charge is 0.351 e. The van der Waals surface area contributed by atoms with Gasteiger partial charge in [0.1, 0.15) is 6.54 Å². The monoisotopic (exact) mass is 484 g/mol. The Balaban J connectivity index is 1.52. The summed E-state index contributed by atoms with van der Waals surface area (Å²) in [5.74, 6) is -0.289. The standard InChI is InChI=1S/C29H32N4O3/c1-3-24(20-31(2)18-22-12-6-4-7-13-22)30-27(34)21-33-26-17-11-10-16-25(26)32(28(35)29(33)36)19-23-14-8-5-9-15-23/h4-17,24H,3,18-21H2,1-2H3,(H,30,34)/t24-/m1/s1. The first-order valence-electron chi connectivity index (χ1n) is 12.2. The average Bonchev–Trinajstić information content (AvgIpc) is 2.90. The number of hydrogen-bond donors (Lipinski definition) is 1. The van der Waals surface area contributed by atoms with E-state index in [1.165, 1.54) is 14.7 Å². The smallest absolute Gasteiger partial charge is 0.317 e. The number of nitrogens with one attached hydrogen (secondary N) is 1. The van der Waals surface area contributed by atoms with Crippen LogP contribution in [0.15, 0.2) is 94.5 Å². The van der Waals surface area contributed by atoms with E-state index < -0.39 is 11.1 Å². The molecule has 0 saturated carbocycles. The van der Waals surface area contributed by atoms with Crippen LogP contribution in [0.25, 0.3) is 11.0 Å². The van der Waals surface area contributed by atoms with E-state index in [0.29, 0.717) is 17.6 Å². The van der Waals surface area contributed by atoms with E-state index in [2.05, 4.69) is 22.3 Å². The van der Waals surface area contributed by atoms with Crippen molar-refractivity contribution in [3.05, 3.63) is 117 Å². The molecular weight excluding hydrogens is 452 g/mol. The van der Waals surface area contributed by atoms with Crippen molar-refractivity contribution in [2.24, 2.45) is 0 Å². The quantitative estimate of drug-likeness (QED) is 0.351. The van der Waals surface area contributed by atoms with E-state index in [0.717, 1.165) is 18.5 Å². The van der Waals surface area contributed by atoms with Crippen LogP contribution in [-0.4, -0.2) is 39.6 Å². The fourth-order valence-corrected chi connectivity index (χ4v) is 4.48. The molecule has 186 valence electrons. The minimum Gasteiger partial charge on any atom is -0.351 e. The Morgan fingerprint density at radius 3 is 1.94 bits per heavy atom. The van der Waals surface area contributed by atoms with E-state index in [4.69, 9.17) is 0 Å². The molecule has 0 bridgehead atoms. The SMILES string of the molecule is CC[C@H](CN(C)Cc1ccccc1)NC(=O)Cn1c(=O)c(=O)n(Cc2ccccc2)c2ccccc21. The maximum atomic E-state index is 13.1. The Hall–Kier alpha value is -3.97. The van der Waals surface area contributed by atoms with Gasteiger partial charge in [0.05, 0.1) is 17.6 Å². The van der Waals surface area contributed by atoms with Crippen molar-refractivity contribution >= 4 is 16.9 Å². The number of para-hydroxylation sites is 2. The van der Waals surface area contributed by atoms with Crippen molar-refractivity contribution in [3.8, 4) is 0 Å². The lowest BCUT2D eigenvalue weighted by molar-refractivity contribution is -0.122. The number of rotatable bonds is 10. The highest BCUT2D eigenvalue weighted by Gasteiger charge is 2.18. The van der Waals surface area contributed by atoms with Crippen LogP contribution >= 0.6 is 0 Å².